The molecule has 8 nitrogen and oxygen atoms in total. The Morgan fingerprint density at radius 3 is 2.74 bits per heavy atom. The third kappa shape index (κ3) is 3.20. The van der Waals surface area contributed by atoms with Gasteiger partial charge in [0.05, 0.1) is 18.7 Å². The van der Waals surface area contributed by atoms with Gasteiger partial charge in [-0.2, -0.15) is 0 Å². The van der Waals surface area contributed by atoms with Crippen LogP contribution in [0.3, 0.4) is 0 Å². The average molecular weight is 427 g/mol. The third-order valence-electron chi connectivity index (χ3n) is 6.42. The number of carbonyl (C=O) groups is 2. The molecule has 2 aliphatic heterocycles. The van der Waals surface area contributed by atoms with Gasteiger partial charge in [-0.3, -0.25) is 14.4 Å². The molecule has 1 saturated heterocycles. The zero-order chi connectivity index (χ0) is 21.9. The fourth-order valence-corrected chi connectivity index (χ4v) is 4.82. The zero-order valence-electron chi connectivity index (χ0n) is 16.9. The monoisotopic (exact) mass is 427 g/mol. The zero-order valence-corrected chi connectivity index (χ0v) is 16.9. The number of hydrogen-bond acceptors (Lipinski definition) is 5. The predicted octanol–water partition coefficient (Wildman–Crippen LogP) is 1.92. The van der Waals surface area contributed by atoms with Crippen molar-refractivity contribution in [2.45, 2.75) is 57.1 Å². The minimum absolute atomic E-state index is 0.0408. The van der Waals surface area contributed by atoms with Crippen LogP contribution in [0.1, 0.15) is 58.6 Å². The number of halogens is 1. The van der Waals surface area contributed by atoms with Crippen molar-refractivity contribution < 1.29 is 23.8 Å². The fraction of sp³-hybridized carbons (Fsp3) is 0.409. The fourth-order valence-electron chi connectivity index (χ4n) is 4.82. The quantitative estimate of drug-likeness (QED) is 0.780. The van der Waals surface area contributed by atoms with Crippen LogP contribution >= 0.6 is 0 Å². The maximum absolute atomic E-state index is 13.1. The van der Waals surface area contributed by atoms with Gasteiger partial charge < -0.3 is 24.6 Å². The molecule has 2 fully saturated rings. The first-order valence-corrected chi connectivity index (χ1v) is 10.3. The molecule has 3 heterocycles. The Hall–Kier alpha value is -3.20. The normalized spacial score (nSPS) is 25.0. The molecule has 2 N–H and O–H groups in total. The number of rotatable bonds is 3. The molecule has 1 unspecified atom stereocenters. The maximum atomic E-state index is 13.1. The molecule has 0 spiro atoms. The second-order valence-electron chi connectivity index (χ2n) is 8.36. The van der Waals surface area contributed by atoms with Gasteiger partial charge in [0.25, 0.3) is 11.8 Å². The third-order valence-corrected chi connectivity index (χ3v) is 6.42. The van der Waals surface area contributed by atoms with Crippen LogP contribution in [0, 0.1) is 5.82 Å². The molecule has 1 aromatic heterocycles. The molecule has 1 saturated carbocycles. The molecule has 2 amide bonds. The number of nitrogens with zero attached hydrogens (tertiary/aromatic N) is 2. The van der Waals surface area contributed by atoms with Crippen LogP contribution in [-0.4, -0.2) is 44.8 Å². The summed E-state index contributed by atoms with van der Waals surface area (Å²) in [5, 5.41) is 13.2. The Morgan fingerprint density at radius 1 is 1.26 bits per heavy atom. The summed E-state index contributed by atoms with van der Waals surface area (Å²) >= 11 is 0. The van der Waals surface area contributed by atoms with E-state index >= 15 is 0 Å². The van der Waals surface area contributed by atoms with Gasteiger partial charge in [-0.1, -0.05) is 12.1 Å². The molecule has 9 heteroatoms. The number of aromatic nitrogens is 1. The van der Waals surface area contributed by atoms with Gasteiger partial charge in [0.1, 0.15) is 11.4 Å². The van der Waals surface area contributed by atoms with E-state index in [0.29, 0.717) is 5.56 Å². The van der Waals surface area contributed by atoms with Gasteiger partial charge in [-0.15, -0.1) is 0 Å². The number of carbonyl (C=O) groups excluding carboxylic acids is 2. The molecule has 31 heavy (non-hydrogen) atoms. The van der Waals surface area contributed by atoms with Crippen LogP contribution in [-0.2, 0) is 11.3 Å². The Kier molecular flexibility index (Phi) is 4.58. The molecule has 3 aliphatic rings. The van der Waals surface area contributed by atoms with Crippen molar-refractivity contribution in [2.75, 3.05) is 0 Å². The van der Waals surface area contributed by atoms with Crippen molar-refractivity contribution in [2.24, 2.45) is 0 Å². The summed E-state index contributed by atoms with van der Waals surface area (Å²) in [6.07, 6.45) is 3.39. The highest BCUT2D eigenvalue weighted by Crippen LogP contribution is 2.38. The van der Waals surface area contributed by atoms with Gasteiger partial charge in [-0.05, 0) is 43.9 Å². The van der Waals surface area contributed by atoms with E-state index in [1.54, 1.807) is 24.0 Å². The van der Waals surface area contributed by atoms with E-state index in [1.165, 1.54) is 22.9 Å². The van der Waals surface area contributed by atoms with Crippen LogP contribution in [0.4, 0.5) is 4.39 Å². The van der Waals surface area contributed by atoms with Crippen molar-refractivity contribution in [3.8, 4) is 5.75 Å². The molecule has 1 aliphatic carbocycles. The first kappa shape index (κ1) is 19.7. The second-order valence-corrected chi connectivity index (χ2v) is 8.36. The number of fused-ring (bicyclic) bond motifs is 5. The highest BCUT2D eigenvalue weighted by molar-refractivity contribution is 5.99. The van der Waals surface area contributed by atoms with E-state index < -0.39 is 41.1 Å². The van der Waals surface area contributed by atoms with Crippen LogP contribution in [0.2, 0.25) is 0 Å². The van der Waals surface area contributed by atoms with Gasteiger partial charge in [-0.25, -0.2) is 4.39 Å². The summed E-state index contributed by atoms with van der Waals surface area (Å²) in [6.45, 7) is 1.93. The van der Waals surface area contributed by atoms with Crippen molar-refractivity contribution >= 4 is 11.8 Å². The number of benzene rings is 1. The van der Waals surface area contributed by atoms with Crippen LogP contribution < -0.4 is 10.7 Å². The van der Waals surface area contributed by atoms with E-state index in [0.717, 1.165) is 19.3 Å². The Balaban J connectivity index is 1.45. The average Bonchev–Trinajstić information content (AvgIpc) is 3.11. The van der Waals surface area contributed by atoms with E-state index in [-0.39, 0.29) is 29.9 Å². The van der Waals surface area contributed by atoms with E-state index in [2.05, 4.69) is 5.32 Å². The molecule has 1 aromatic carbocycles. The lowest BCUT2D eigenvalue weighted by Crippen LogP contribution is -2.57. The number of pyridine rings is 1. The van der Waals surface area contributed by atoms with Gasteiger partial charge in [0.15, 0.2) is 17.7 Å². The van der Waals surface area contributed by atoms with Crippen molar-refractivity contribution in [1.29, 1.82) is 0 Å². The molecule has 2 bridgehead atoms. The highest BCUT2D eigenvalue weighted by Gasteiger charge is 2.47. The van der Waals surface area contributed by atoms with Gasteiger partial charge in [0.2, 0.25) is 5.43 Å². The van der Waals surface area contributed by atoms with Crippen molar-refractivity contribution in [1.82, 2.24) is 14.8 Å². The van der Waals surface area contributed by atoms with Crippen LogP contribution in [0.15, 0.2) is 35.3 Å². The lowest BCUT2D eigenvalue weighted by Gasteiger charge is -2.44. The molecule has 162 valence electrons. The largest absolute Gasteiger partial charge is 0.503 e. The molecule has 0 radical (unpaired) electrons. The Labute approximate surface area is 177 Å². The highest BCUT2D eigenvalue weighted by atomic mass is 19.1. The first-order valence-electron chi connectivity index (χ1n) is 10.3. The Morgan fingerprint density at radius 2 is 2.00 bits per heavy atom. The SMILES string of the molecule is C[C@@H](NC(=O)c1cn2c(c(O)c1=O)C(=O)N1C3CC[C@@H](C3)O[C@@H]1C2)c1ccc(F)cc1. The number of amides is 2. The topological polar surface area (TPSA) is 101 Å². The number of ether oxygens (including phenoxy) is 1. The van der Waals surface area contributed by atoms with Crippen molar-refractivity contribution in [3.05, 3.63) is 63.3 Å². The van der Waals surface area contributed by atoms with E-state index in [4.69, 9.17) is 4.74 Å². The first-order chi connectivity index (χ1) is 14.8. The summed E-state index contributed by atoms with van der Waals surface area (Å²) in [7, 11) is 0. The summed E-state index contributed by atoms with van der Waals surface area (Å²) in [4.78, 5) is 40.2. The summed E-state index contributed by atoms with van der Waals surface area (Å²) < 4.78 is 20.6. The lowest BCUT2D eigenvalue weighted by atomic mass is 10.1. The molecular weight excluding hydrogens is 405 g/mol. The van der Waals surface area contributed by atoms with Crippen LogP contribution in [0.25, 0.3) is 0 Å². The van der Waals surface area contributed by atoms with E-state index in [9.17, 15) is 23.9 Å². The summed E-state index contributed by atoms with van der Waals surface area (Å²) in [5.41, 5.74) is -0.619. The molecule has 2 aromatic rings. The minimum Gasteiger partial charge on any atom is -0.503 e. The van der Waals surface area contributed by atoms with Crippen LogP contribution in [0.5, 0.6) is 5.75 Å². The summed E-state index contributed by atoms with van der Waals surface area (Å²) in [5.74, 6) is -2.27. The minimum atomic E-state index is -0.899. The number of aromatic hydroxyl groups is 1. The molecular formula is C22H22FN3O5. The smallest absolute Gasteiger partial charge is 0.276 e. The molecule has 4 atom stereocenters. The lowest BCUT2D eigenvalue weighted by molar-refractivity contribution is -0.132. The Bertz CT molecular complexity index is 1130. The predicted molar refractivity (Wildman–Crippen MR) is 107 cm³/mol. The second kappa shape index (κ2) is 7.19. The number of nitrogens with one attached hydrogen (secondary N) is 1. The van der Waals surface area contributed by atoms with Gasteiger partial charge >= 0.3 is 0 Å². The number of hydrogen-bond donors (Lipinski definition) is 2. The van der Waals surface area contributed by atoms with Gasteiger partial charge in [0, 0.05) is 12.2 Å². The standard InChI is InChI=1S/C22H22FN3O5/c1-11(12-2-4-13(23)5-3-12)24-21(29)16-9-25-10-17-26(14-6-7-15(8-14)31-17)22(30)18(25)20(28)19(16)27/h2-5,9,11,14-15,17,28H,6-8,10H2,1H3,(H,24,29)/t11-,14?,15+,17-/m1/s1. The molecule has 5 rings (SSSR count). The van der Waals surface area contributed by atoms with E-state index in [1.807, 2.05) is 0 Å². The summed E-state index contributed by atoms with van der Waals surface area (Å²) in [6, 6.07) is 5.20. The maximum Gasteiger partial charge on any atom is 0.276 e. The van der Waals surface area contributed by atoms with Crippen molar-refractivity contribution in [3.63, 3.8) is 0 Å².